The van der Waals surface area contributed by atoms with Crippen LogP contribution in [-0.4, -0.2) is 44.1 Å². The summed E-state index contributed by atoms with van der Waals surface area (Å²) in [7, 11) is -3.26. The van der Waals surface area contributed by atoms with Crippen LogP contribution in [0.2, 0.25) is 0 Å². The van der Waals surface area contributed by atoms with Crippen LogP contribution in [0.15, 0.2) is 23.2 Å². The Kier molecular flexibility index (Phi) is 6.83. The summed E-state index contributed by atoms with van der Waals surface area (Å²) in [4.78, 5) is 4.09. The third-order valence-electron chi connectivity index (χ3n) is 3.22. The normalized spacial score (nSPS) is 12.7. The number of nitrogens with zero attached hydrogens (tertiary/aromatic N) is 2. The van der Waals surface area contributed by atoms with Crippen molar-refractivity contribution in [3.63, 3.8) is 0 Å². The van der Waals surface area contributed by atoms with Gasteiger partial charge in [-0.25, -0.2) is 12.7 Å². The highest BCUT2D eigenvalue weighted by molar-refractivity contribution is 7.89. The molecule has 6 nitrogen and oxygen atoms in total. The predicted molar refractivity (Wildman–Crippen MR) is 92.7 cm³/mol. The lowest BCUT2D eigenvalue weighted by Gasteiger charge is -2.17. The van der Waals surface area contributed by atoms with Crippen LogP contribution in [0.4, 0.5) is 5.69 Å². The average molecular weight is 326 g/mol. The molecule has 7 heteroatoms. The number of rotatable bonds is 7. The molecule has 0 fully saturated rings. The fraction of sp³-hybridized carbons (Fsp3) is 0.533. The zero-order valence-electron chi connectivity index (χ0n) is 13.8. The van der Waals surface area contributed by atoms with Gasteiger partial charge in [-0.3, -0.25) is 4.99 Å². The van der Waals surface area contributed by atoms with Gasteiger partial charge in [0.1, 0.15) is 0 Å². The van der Waals surface area contributed by atoms with E-state index in [2.05, 4.69) is 16.4 Å². The predicted octanol–water partition coefficient (Wildman–Crippen LogP) is 1.70. The Labute approximate surface area is 133 Å². The van der Waals surface area contributed by atoms with Gasteiger partial charge in [-0.15, -0.1) is 0 Å². The Morgan fingerprint density at radius 3 is 2.23 bits per heavy atom. The molecule has 1 rings (SSSR count). The molecule has 0 aliphatic heterocycles. The van der Waals surface area contributed by atoms with E-state index in [4.69, 9.17) is 5.73 Å². The van der Waals surface area contributed by atoms with E-state index in [-0.39, 0.29) is 18.3 Å². The van der Waals surface area contributed by atoms with Crippen LogP contribution in [0, 0.1) is 13.8 Å². The summed E-state index contributed by atoms with van der Waals surface area (Å²) >= 11 is 0. The van der Waals surface area contributed by atoms with Crippen LogP contribution in [0.3, 0.4) is 0 Å². The fourth-order valence-corrected chi connectivity index (χ4v) is 3.63. The highest BCUT2D eigenvalue weighted by Gasteiger charge is 2.17. The molecule has 0 unspecified atom stereocenters. The Morgan fingerprint density at radius 2 is 1.73 bits per heavy atom. The minimum atomic E-state index is -3.26. The van der Waals surface area contributed by atoms with Gasteiger partial charge in [0.15, 0.2) is 5.96 Å². The molecule has 0 aliphatic rings. The van der Waals surface area contributed by atoms with E-state index in [1.807, 2.05) is 39.8 Å². The van der Waals surface area contributed by atoms with Crippen LogP contribution in [0.25, 0.3) is 0 Å². The monoisotopic (exact) mass is 326 g/mol. The molecule has 1 aromatic carbocycles. The molecule has 0 saturated carbocycles. The first-order valence-corrected chi connectivity index (χ1v) is 9.02. The largest absolute Gasteiger partial charge is 0.370 e. The van der Waals surface area contributed by atoms with Gasteiger partial charge in [0, 0.05) is 18.8 Å². The summed E-state index contributed by atoms with van der Waals surface area (Å²) in [6.45, 7) is 8.73. The van der Waals surface area contributed by atoms with Gasteiger partial charge in [0.25, 0.3) is 0 Å². The van der Waals surface area contributed by atoms with Crippen LogP contribution >= 0.6 is 0 Å². The zero-order chi connectivity index (χ0) is 16.8. The maximum Gasteiger partial charge on any atom is 0.215 e. The van der Waals surface area contributed by atoms with Crippen molar-refractivity contribution in [1.82, 2.24) is 4.31 Å². The van der Waals surface area contributed by atoms with E-state index in [0.717, 1.165) is 16.8 Å². The van der Waals surface area contributed by atoms with Crippen molar-refractivity contribution in [3.05, 3.63) is 29.3 Å². The topological polar surface area (TPSA) is 87.8 Å². The first-order valence-electron chi connectivity index (χ1n) is 7.41. The summed E-state index contributed by atoms with van der Waals surface area (Å²) in [6, 6.07) is 5.99. The minimum Gasteiger partial charge on any atom is -0.370 e. The van der Waals surface area contributed by atoms with Crippen molar-refractivity contribution in [2.45, 2.75) is 27.7 Å². The number of hydrogen-bond donors (Lipinski definition) is 2. The van der Waals surface area contributed by atoms with Gasteiger partial charge in [-0.1, -0.05) is 19.9 Å². The van der Waals surface area contributed by atoms with Gasteiger partial charge >= 0.3 is 0 Å². The van der Waals surface area contributed by atoms with E-state index in [9.17, 15) is 8.42 Å². The second-order valence-electron chi connectivity index (χ2n) is 5.17. The molecule has 0 heterocycles. The molecule has 22 heavy (non-hydrogen) atoms. The van der Waals surface area contributed by atoms with Crippen LogP contribution < -0.4 is 11.1 Å². The van der Waals surface area contributed by atoms with Crippen molar-refractivity contribution in [3.8, 4) is 0 Å². The Balaban J connectivity index is 2.63. The first kappa shape index (κ1) is 18.4. The van der Waals surface area contributed by atoms with E-state index < -0.39 is 10.0 Å². The SMILES string of the molecule is CCN(CC)S(=O)(=O)CCN=C(N)Nc1cc(C)cc(C)c1. The lowest BCUT2D eigenvalue weighted by Crippen LogP contribution is -2.34. The molecule has 3 N–H and O–H groups in total. The van der Waals surface area contributed by atoms with Gasteiger partial charge in [-0.2, -0.15) is 0 Å². The molecule has 0 saturated heterocycles. The maximum atomic E-state index is 12.0. The molecule has 1 aromatic rings. The standard InChI is InChI=1S/C15H26N4O2S/c1-5-19(6-2)22(20,21)8-7-17-15(16)18-14-10-12(3)9-13(4)11-14/h9-11H,5-8H2,1-4H3,(H3,16,17,18). The summed E-state index contributed by atoms with van der Waals surface area (Å²) in [5.74, 6) is 0.184. The number of sulfonamides is 1. The Morgan fingerprint density at radius 1 is 1.18 bits per heavy atom. The van der Waals surface area contributed by atoms with Crippen molar-refractivity contribution in [2.24, 2.45) is 10.7 Å². The van der Waals surface area contributed by atoms with E-state index >= 15 is 0 Å². The summed E-state index contributed by atoms with van der Waals surface area (Å²) in [6.07, 6.45) is 0. The molecule has 0 spiro atoms. The third kappa shape index (κ3) is 5.65. The number of nitrogens with two attached hydrogens (primary N) is 1. The summed E-state index contributed by atoms with van der Waals surface area (Å²) in [5.41, 5.74) is 8.91. The summed E-state index contributed by atoms with van der Waals surface area (Å²) < 4.78 is 25.5. The molecule has 0 aromatic heterocycles. The number of nitrogens with one attached hydrogen (secondary N) is 1. The van der Waals surface area contributed by atoms with Crippen molar-refractivity contribution in [2.75, 3.05) is 30.7 Å². The van der Waals surface area contributed by atoms with Crippen LogP contribution in [-0.2, 0) is 10.0 Å². The molecular formula is C15H26N4O2S. The lowest BCUT2D eigenvalue weighted by atomic mass is 10.1. The van der Waals surface area contributed by atoms with Gasteiger partial charge in [0.05, 0.1) is 12.3 Å². The highest BCUT2D eigenvalue weighted by Crippen LogP contribution is 2.13. The van der Waals surface area contributed by atoms with Gasteiger partial charge < -0.3 is 11.1 Å². The second kappa shape index (κ2) is 8.14. The maximum absolute atomic E-state index is 12.0. The number of hydrogen-bond acceptors (Lipinski definition) is 3. The van der Waals surface area contributed by atoms with Gasteiger partial charge in [0.2, 0.25) is 10.0 Å². The average Bonchev–Trinajstić information content (AvgIpc) is 2.37. The van der Waals surface area contributed by atoms with Crippen molar-refractivity contribution in [1.29, 1.82) is 0 Å². The number of aryl methyl sites for hydroxylation is 2. The van der Waals surface area contributed by atoms with E-state index in [0.29, 0.717) is 13.1 Å². The van der Waals surface area contributed by atoms with Gasteiger partial charge in [-0.05, 0) is 37.1 Å². The molecule has 0 bridgehead atoms. The third-order valence-corrected chi connectivity index (χ3v) is 5.23. The Bertz CT molecular complexity index is 602. The molecule has 124 valence electrons. The number of guanidine groups is 1. The smallest absolute Gasteiger partial charge is 0.215 e. The fourth-order valence-electron chi connectivity index (χ4n) is 2.26. The molecule has 0 radical (unpaired) electrons. The second-order valence-corrected chi connectivity index (χ2v) is 7.26. The zero-order valence-corrected chi connectivity index (χ0v) is 14.6. The number of aliphatic imine (C=N–C) groups is 1. The molecule has 0 aliphatic carbocycles. The number of benzene rings is 1. The van der Waals surface area contributed by atoms with E-state index in [1.165, 1.54) is 4.31 Å². The molecule has 0 amide bonds. The lowest BCUT2D eigenvalue weighted by molar-refractivity contribution is 0.445. The first-order chi connectivity index (χ1) is 10.3. The molecular weight excluding hydrogens is 300 g/mol. The quantitative estimate of drug-likeness (QED) is 0.590. The van der Waals surface area contributed by atoms with Crippen molar-refractivity contribution >= 4 is 21.7 Å². The van der Waals surface area contributed by atoms with E-state index in [1.54, 1.807) is 0 Å². The molecule has 0 atom stereocenters. The van der Waals surface area contributed by atoms with Crippen LogP contribution in [0.1, 0.15) is 25.0 Å². The number of anilines is 1. The summed E-state index contributed by atoms with van der Waals surface area (Å²) in [5, 5.41) is 2.99. The Hall–Kier alpha value is -1.60. The minimum absolute atomic E-state index is 0.0378. The van der Waals surface area contributed by atoms with Crippen molar-refractivity contribution < 1.29 is 8.42 Å². The highest BCUT2D eigenvalue weighted by atomic mass is 32.2. The van der Waals surface area contributed by atoms with Crippen LogP contribution in [0.5, 0.6) is 0 Å².